The Hall–Kier alpha value is -4.86. The van der Waals surface area contributed by atoms with Crippen LogP contribution in [-0.4, -0.2) is 36.4 Å². The van der Waals surface area contributed by atoms with Gasteiger partial charge in [-0.15, -0.1) is 0 Å². The monoisotopic (exact) mass is 508 g/mol. The molecular weight excluding hydrogens is 483 g/mol. The van der Waals surface area contributed by atoms with Gasteiger partial charge in [-0.1, -0.05) is 25.1 Å². The Kier molecular flexibility index (Phi) is 5.91. The van der Waals surface area contributed by atoms with Gasteiger partial charge in [0.2, 0.25) is 5.91 Å². The van der Waals surface area contributed by atoms with Crippen LogP contribution in [0.2, 0.25) is 0 Å². The van der Waals surface area contributed by atoms with E-state index >= 15 is 0 Å². The molecule has 0 saturated heterocycles. The molecule has 6 rings (SSSR count). The van der Waals surface area contributed by atoms with Gasteiger partial charge in [-0.2, -0.15) is 10.2 Å². The molecule has 5 aromatic rings. The van der Waals surface area contributed by atoms with Crippen molar-refractivity contribution >= 4 is 28.5 Å². The summed E-state index contributed by atoms with van der Waals surface area (Å²) < 4.78 is 15.3. The van der Waals surface area contributed by atoms with Crippen LogP contribution < -0.4 is 11.2 Å². The average Bonchev–Trinajstić information content (AvgIpc) is 3.50. The normalized spacial score (nSPS) is 15.8. The molecule has 0 aliphatic carbocycles. The van der Waals surface area contributed by atoms with Crippen molar-refractivity contribution in [3.8, 4) is 22.5 Å². The molecule has 0 fully saturated rings. The van der Waals surface area contributed by atoms with Crippen molar-refractivity contribution < 1.29 is 9.18 Å². The number of hydrazone groups is 1. The molecule has 38 heavy (non-hydrogen) atoms. The van der Waals surface area contributed by atoms with E-state index in [1.807, 2.05) is 36.5 Å². The maximum absolute atomic E-state index is 13.5. The molecule has 1 aliphatic heterocycles. The van der Waals surface area contributed by atoms with Crippen LogP contribution in [0.4, 0.5) is 10.2 Å². The second-order valence-corrected chi connectivity index (χ2v) is 9.50. The van der Waals surface area contributed by atoms with Crippen molar-refractivity contribution in [2.75, 3.05) is 5.73 Å². The predicted molar refractivity (Wildman–Crippen MR) is 144 cm³/mol. The molecule has 4 N–H and O–H groups in total. The molecule has 4 heterocycles. The number of nitrogens with one attached hydrogen (secondary N) is 2. The number of fused-ring (bicyclic) bond motifs is 1. The second-order valence-electron chi connectivity index (χ2n) is 9.50. The quantitative estimate of drug-likeness (QED) is 0.322. The summed E-state index contributed by atoms with van der Waals surface area (Å²) in [5.74, 6) is 0.750. The maximum atomic E-state index is 13.5. The maximum Gasteiger partial charge on any atom is 0.240 e. The first-order chi connectivity index (χ1) is 18.4. The number of amides is 1. The lowest BCUT2D eigenvalue weighted by Gasteiger charge is -2.11. The second kappa shape index (κ2) is 9.55. The number of hydrogen-bond donors (Lipinski definition) is 3. The van der Waals surface area contributed by atoms with E-state index in [0.717, 1.165) is 45.4 Å². The van der Waals surface area contributed by atoms with Gasteiger partial charge in [-0.25, -0.2) is 19.8 Å². The largest absolute Gasteiger partial charge is 0.383 e. The van der Waals surface area contributed by atoms with E-state index in [1.165, 1.54) is 12.1 Å². The summed E-state index contributed by atoms with van der Waals surface area (Å²) >= 11 is 0. The number of pyridine rings is 1. The molecule has 0 radical (unpaired) electrons. The Morgan fingerprint density at radius 2 is 2.00 bits per heavy atom. The van der Waals surface area contributed by atoms with E-state index in [-0.39, 0.29) is 17.6 Å². The molecule has 2 aromatic carbocycles. The van der Waals surface area contributed by atoms with Gasteiger partial charge >= 0.3 is 0 Å². The Bertz CT molecular complexity index is 1700. The minimum absolute atomic E-state index is 0.0703. The lowest BCUT2D eigenvalue weighted by atomic mass is 9.94. The standard InChI is InChI=1S/C28H25FN8O/c1-16-5-8-25(38)35-36-26(16)18-6-7-23-24(11-18)34-28(33-23)22-10-19(12-31-27(22)30)20-13-32-37(15-20)14-17-3-2-4-21(29)9-17/h2-4,6-7,9-13,15-16H,5,8,14H2,1H3,(H2,30,31)(H,33,34)(H,35,38). The third-order valence-electron chi connectivity index (χ3n) is 6.72. The van der Waals surface area contributed by atoms with Crippen LogP contribution in [0.25, 0.3) is 33.5 Å². The van der Waals surface area contributed by atoms with Gasteiger partial charge in [0, 0.05) is 41.4 Å². The number of nitrogens with two attached hydrogens (primary N) is 1. The third-order valence-corrected chi connectivity index (χ3v) is 6.72. The number of imidazole rings is 1. The van der Waals surface area contributed by atoms with Crippen LogP contribution in [-0.2, 0) is 11.3 Å². The number of H-pyrrole nitrogens is 1. The summed E-state index contributed by atoms with van der Waals surface area (Å²) in [5.41, 5.74) is 15.4. The highest BCUT2D eigenvalue weighted by Crippen LogP contribution is 2.30. The van der Waals surface area contributed by atoms with E-state index in [1.54, 1.807) is 23.1 Å². The van der Waals surface area contributed by atoms with Crippen LogP contribution in [0.5, 0.6) is 0 Å². The molecule has 1 amide bonds. The fourth-order valence-corrected chi connectivity index (χ4v) is 4.66. The average molecular weight is 509 g/mol. The molecule has 1 aliphatic rings. The molecule has 0 saturated carbocycles. The molecule has 0 spiro atoms. The molecular formula is C28H25FN8O. The van der Waals surface area contributed by atoms with Crippen LogP contribution in [0.15, 0.2) is 72.2 Å². The van der Waals surface area contributed by atoms with E-state index < -0.39 is 0 Å². The molecule has 3 aromatic heterocycles. The highest BCUT2D eigenvalue weighted by Gasteiger charge is 2.20. The first-order valence-electron chi connectivity index (χ1n) is 12.3. The first-order valence-corrected chi connectivity index (χ1v) is 12.3. The van der Waals surface area contributed by atoms with Crippen molar-refractivity contribution in [1.29, 1.82) is 0 Å². The van der Waals surface area contributed by atoms with E-state index in [4.69, 9.17) is 10.7 Å². The lowest BCUT2D eigenvalue weighted by Crippen LogP contribution is -2.16. The van der Waals surface area contributed by atoms with Crippen molar-refractivity contribution in [2.45, 2.75) is 26.3 Å². The minimum Gasteiger partial charge on any atom is -0.383 e. The Labute approximate surface area is 217 Å². The Morgan fingerprint density at radius 3 is 2.87 bits per heavy atom. The van der Waals surface area contributed by atoms with E-state index in [9.17, 15) is 9.18 Å². The van der Waals surface area contributed by atoms with Gasteiger partial charge in [0.05, 0.1) is 35.1 Å². The number of halogens is 1. The number of nitrogen functional groups attached to an aromatic ring is 1. The van der Waals surface area contributed by atoms with Gasteiger partial charge in [0.1, 0.15) is 17.5 Å². The number of rotatable bonds is 5. The van der Waals surface area contributed by atoms with Gasteiger partial charge < -0.3 is 10.7 Å². The molecule has 9 nitrogen and oxygen atoms in total. The number of aromatic amines is 1. The van der Waals surface area contributed by atoms with Gasteiger partial charge in [0.25, 0.3) is 0 Å². The zero-order valence-corrected chi connectivity index (χ0v) is 20.6. The Morgan fingerprint density at radius 1 is 1.11 bits per heavy atom. The Balaban J connectivity index is 1.30. The number of hydrogen-bond acceptors (Lipinski definition) is 6. The topological polar surface area (TPSA) is 127 Å². The summed E-state index contributed by atoms with van der Waals surface area (Å²) in [6.07, 6.45) is 6.53. The molecule has 1 atom stereocenters. The molecule has 190 valence electrons. The predicted octanol–water partition coefficient (Wildman–Crippen LogP) is 4.51. The third kappa shape index (κ3) is 4.63. The smallest absolute Gasteiger partial charge is 0.240 e. The van der Waals surface area contributed by atoms with E-state index in [0.29, 0.717) is 30.2 Å². The van der Waals surface area contributed by atoms with Gasteiger partial charge in [-0.05, 0) is 42.3 Å². The SMILES string of the molecule is CC1CCC(=O)NN=C1c1ccc2nc(-c3cc(-c4cnn(Cc5cccc(F)c5)c4)cnc3N)[nH]c2c1. The van der Waals surface area contributed by atoms with Crippen molar-refractivity contribution in [3.63, 3.8) is 0 Å². The lowest BCUT2D eigenvalue weighted by molar-refractivity contribution is -0.121. The van der Waals surface area contributed by atoms with Crippen LogP contribution >= 0.6 is 0 Å². The van der Waals surface area contributed by atoms with Crippen LogP contribution in [0.3, 0.4) is 0 Å². The summed E-state index contributed by atoms with van der Waals surface area (Å²) in [6.45, 7) is 2.52. The highest BCUT2D eigenvalue weighted by atomic mass is 19.1. The summed E-state index contributed by atoms with van der Waals surface area (Å²) in [5, 5.41) is 8.77. The fourth-order valence-electron chi connectivity index (χ4n) is 4.66. The first kappa shape index (κ1) is 23.5. The fraction of sp³-hybridized carbons (Fsp3) is 0.179. The van der Waals surface area contributed by atoms with Crippen molar-refractivity contribution in [3.05, 3.63) is 84.1 Å². The van der Waals surface area contributed by atoms with E-state index in [2.05, 4.69) is 32.5 Å². The summed E-state index contributed by atoms with van der Waals surface area (Å²) in [4.78, 5) is 24.3. The van der Waals surface area contributed by atoms with Gasteiger partial charge in [0.15, 0.2) is 0 Å². The van der Waals surface area contributed by atoms with Crippen molar-refractivity contribution in [2.24, 2.45) is 11.0 Å². The van der Waals surface area contributed by atoms with Crippen LogP contribution in [0, 0.1) is 11.7 Å². The number of carbonyl (C=O) groups excluding carboxylic acids is 1. The number of benzene rings is 2. The highest BCUT2D eigenvalue weighted by molar-refractivity contribution is 6.05. The zero-order valence-electron chi connectivity index (χ0n) is 20.6. The van der Waals surface area contributed by atoms with Gasteiger partial charge in [-0.3, -0.25) is 9.48 Å². The molecule has 0 bridgehead atoms. The number of aromatic nitrogens is 5. The summed E-state index contributed by atoms with van der Waals surface area (Å²) in [6, 6.07) is 14.3. The summed E-state index contributed by atoms with van der Waals surface area (Å²) in [7, 11) is 0. The van der Waals surface area contributed by atoms with Crippen molar-refractivity contribution in [1.82, 2.24) is 30.2 Å². The minimum atomic E-state index is -0.274. The zero-order chi connectivity index (χ0) is 26.2. The number of nitrogens with zero attached hydrogens (tertiary/aromatic N) is 5. The molecule has 1 unspecified atom stereocenters. The number of carbonyl (C=O) groups is 1. The number of anilines is 1. The van der Waals surface area contributed by atoms with Crippen LogP contribution in [0.1, 0.15) is 30.9 Å². The molecule has 10 heteroatoms.